The third-order valence-electron chi connectivity index (χ3n) is 3.63. The van der Waals surface area contributed by atoms with Gasteiger partial charge in [-0.2, -0.15) is 0 Å². The van der Waals surface area contributed by atoms with Crippen LogP contribution in [0.5, 0.6) is 11.5 Å². The Hall–Kier alpha value is -1.71. The van der Waals surface area contributed by atoms with Crippen LogP contribution in [0, 0.1) is 6.92 Å². The van der Waals surface area contributed by atoms with Gasteiger partial charge in [0.1, 0.15) is 6.61 Å². The van der Waals surface area contributed by atoms with Crippen molar-refractivity contribution in [3.8, 4) is 11.5 Å². The fraction of sp³-hybridized carbons (Fsp3) is 0.400. The summed E-state index contributed by atoms with van der Waals surface area (Å²) >= 11 is 6.41. The summed E-state index contributed by atoms with van der Waals surface area (Å²) in [4.78, 5) is 0. The van der Waals surface area contributed by atoms with Gasteiger partial charge in [0, 0.05) is 17.6 Å². The average Bonchev–Trinajstić information content (AvgIpc) is 2.56. The molecule has 1 N–H and O–H groups in total. The van der Waals surface area contributed by atoms with Crippen molar-refractivity contribution in [2.45, 2.75) is 40.3 Å². The van der Waals surface area contributed by atoms with Gasteiger partial charge in [-0.1, -0.05) is 48.4 Å². The van der Waals surface area contributed by atoms with E-state index in [9.17, 15) is 0 Å². The maximum Gasteiger partial charge on any atom is 0.163 e. The Kier molecular flexibility index (Phi) is 7.41. The SMILES string of the molecule is CCCNCc1cc(OCC)c(OCc2cccc(C)c2)cc1Cl. The Morgan fingerprint density at radius 2 is 1.83 bits per heavy atom. The standard InChI is InChI=1S/C20H26ClNO2/c1-4-9-22-13-17-11-19(23-5-2)20(12-18(17)21)24-14-16-8-6-7-15(3)10-16/h6-8,10-12,22H,4-5,9,13-14H2,1-3H3. The summed E-state index contributed by atoms with van der Waals surface area (Å²) in [5.41, 5.74) is 3.37. The minimum atomic E-state index is 0.492. The zero-order chi connectivity index (χ0) is 17.4. The summed E-state index contributed by atoms with van der Waals surface area (Å²) in [6.45, 7) is 8.95. The fourth-order valence-corrected chi connectivity index (χ4v) is 2.68. The first-order chi connectivity index (χ1) is 11.6. The molecular weight excluding hydrogens is 322 g/mol. The number of aryl methyl sites for hydroxylation is 1. The van der Waals surface area contributed by atoms with Crippen molar-refractivity contribution in [3.63, 3.8) is 0 Å². The van der Waals surface area contributed by atoms with E-state index in [-0.39, 0.29) is 0 Å². The van der Waals surface area contributed by atoms with Crippen LogP contribution in [-0.4, -0.2) is 13.2 Å². The lowest BCUT2D eigenvalue weighted by Gasteiger charge is -2.15. The summed E-state index contributed by atoms with van der Waals surface area (Å²) in [5.74, 6) is 1.42. The normalized spacial score (nSPS) is 10.7. The summed E-state index contributed by atoms with van der Waals surface area (Å²) in [7, 11) is 0. The first-order valence-electron chi connectivity index (χ1n) is 8.48. The molecular formula is C20H26ClNO2. The molecule has 0 aliphatic carbocycles. The molecule has 4 heteroatoms. The number of rotatable bonds is 9. The summed E-state index contributed by atoms with van der Waals surface area (Å²) in [5, 5.41) is 4.06. The van der Waals surface area contributed by atoms with Crippen molar-refractivity contribution in [3.05, 3.63) is 58.1 Å². The zero-order valence-electron chi connectivity index (χ0n) is 14.7. The van der Waals surface area contributed by atoms with Crippen LogP contribution in [0.1, 0.15) is 37.0 Å². The van der Waals surface area contributed by atoms with Crippen molar-refractivity contribution in [1.29, 1.82) is 0 Å². The van der Waals surface area contributed by atoms with Crippen LogP contribution >= 0.6 is 11.6 Å². The van der Waals surface area contributed by atoms with E-state index in [1.807, 2.05) is 25.1 Å². The highest BCUT2D eigenvalue weighted by Crippen LogP contribution is 2.34. The van der Waals surface area contributed by atoms with E-state index in [0.717, 1.165) is 36.4 Å². The predicted molar refractivity (Wildman–Crippen MR) is 100 cm³/mol. The third kappa shape index (κ3) is 5.43. The Balaban J connectivity index is 2.13. The molecule has 0 fully saturated rings. The summed E-state index contributed by atoms with van der Waals surface area (Å²) in [6, 6.07) is 12.1. The largest absolute Gasteiger partial charge is 0.490 e. The van der Waals surface area contributed by atoms with Gasteiger partial charge in [-0.3, -0.25) is 0 Å². The van der Waals surface area contributed by atoms with Crippen molar-refractivity contribution in [1.82, 2.24) is 5.32 Å². The van der Waals surface area contributed by atoms with Gasteiger partial charge in [0.2, 0.25) is 0 Å². The van der Waals surface area contributed by atoms with Crippen LogP contribution in [0.2, 0.25) is 5.02 Å². The molecule has 0 atom stereocenters. The van der Waals surface area contributed by atoms with Gasteiger partial charge in [-0.15, -0.1) is 0 Å². The molecule has 0 unspecified atom stereocenters. The maximum atomic E-state index is 6.41. The van der Waals surface area contributed by atoms with E-state index in [1.165, 1.54) is 5.56 Å². The Labute approximate surface area is 149 Å². The molecule has 2 aromatic rings. The predicted octanol–water partition coefficient (Wildman–Crippen LogP) is 5.13. The summed E-state index contributed by atoms with van der Waals surface area (Å²) in [6.07, 6.45) is 1.09. The van der Waals surface area contributed by atoms with Crippen LogP contribution in [0.3, 0.4) is 0 Å². The Bertz CT molecular complexity index is 658. The number of hydrogen-bond acceptors (Lipinski definition) is 3. The Morgan fingerprint density at radius 1 is 1.04 bits per heavy atom. The molecule has 2 aromatic carbocycles. The topological polar surface area (TPSA) is 30.5 Å². The molecule has 130 valence electrons. The minimum Gasteiger partial charge on any atom is -0.490 e. The van der Waals surface area contributed by atoms with E-state index in [4.69, 9.17) is 21.1 Å². The quantitative estimate of drug-likeness (QED) is 0.638. The highest BCUT2D eigenvalue weighted by molar-refractivity contribution is 6.31. The zero-order valence-corrected chi connectivity index (χ0v) is 15.5. The molecule has 0 spiro atoms. The van der Waals surface area contributed by atoms with E-state index in [1.54, 1.807) is 0 Å². The molecule has 0 heterocycles. The van der Waals surface area contributed by atoms with E-state index < -0.39 is 0 Å². The number of ether oxygens (including phenoxy) is 2. The molecule has 3 nitrogen and oxygen atoms in total. The highest BCUT2D eigenvalue weighted by atomic mass is 35.5. The van der Waals surface area contributed by atoms with Crippen LogP contribution in [-0.2, 0) is 13.2 Å². The number of nitrogens with one attached hydrogen (secondary N) is 1. The van der Waals surface area contributed by atoms with Crippen LogP contribution in [0.15, 0.2) is 36.4 Å². The van der Waals surface area contributed by atoms with E-state index in [2.05, 4.69) is 37.4 Å². The van der Waals surface area contributed by atoms with Crippen LogP contribution in [0.25, 0.3) is 0 Å². The first-order valence-corrected chi connectivity index (χ1v) is 8.86. The molecule has 0 radical (unpaired) electrons. The first kappa shape index (κ1) is 18.6. The van der Waals surface area contributed by atoms with Crippen LogP contribution in [0.4, 0.5) is 0 Å². The second-order valence-corrected chi connectivity index (χ2v) is 6.19. The molecule has 0 amide bonds. The average molecular weight is 348 g/mol. The Morgan fingerprint density at radius 3 is 2.54 bits per heavy atom. The second kappa shape index (κ2) is 9.55. The van der Waals surface area contributed by atoms with Gasteiger partial charge in [0.25, 0.3) is 0 Å². The molecule has 0 aliphatic heterocycles. The maximum absolute atomic E-state index is 6.41. The van der Waals surface area contributed by atoms with E-state index >= 15 is 0 Å². The smallest absolute Gasteiger partial charge is 0.163 e. The second-order valence-electron chi connectivity index (χ2n) is 5.78. The minimum absolute atomic E-state index is 0.492. The highest BCUT2D eigenvalue weighted by Gasteiger charge is 2.11. The molecule has 0 bridgehead atoms. The molecule has 0 saturated carbocycles. The lowest BCUT2D eigenvalue weighted by Crippen LogP contribution is -2.14. The number of halogens is 1. The van der Waals surface area contributed by atoms with Crippen molar-refractivity contribution in [2.75, 3.05) is 13.2 Å². The fourth-order valence-electron chi connectivity index (χ4n) is 2.46. The van der Waals surface area contributed by atoms with Crippen molar-refractivity contribution >= 4 is 11.6 Å². The molecule has 24 heavy (non-hydrogen) atoms. The van der Waals surface area contributed by atoms with Gasteiger partial charge >= 0.3 is 0 Å². The number of hydrogen-bond donors (Lipinski definition) is 1. The van der Waals surface area contributed by atoms with Crippen molar-refractivity contribution in [2.24, 2.45) is 0 Å². The third-order valence-corrected chi connectivity index (χ3v) is 3.98. The molecule has 0 aromatic heterocycles. The molecule has 0 saturated heterocycles. The lowest BCUT2D eigenvalue weighted by molar-refractivity contribution is 0.269. The van der Waals surface area contributed by atoms with Gasteiger partial charge in [-0.05, 0) is 44.0 Å². The van der Waals surface area contributed by atoms with Gasteiger partial charge in [0.15, 0.2) is 11.5 Å². The molecule has 0 aliphatic rings. The van der Waals surface area contributed by atoms with Crippen molar-refractivity contribution < 1.29 is 9.47 Å². The monoisotopic (exact) mass is 347 g/mol. The number of benzene rings is 2. The van der Waals surface area contributed by atoms with Gasteiger partial charge in [0.05, 0.1) is 6.61 Å². The van der Waals surface area contributed by atoms with Gasteiger partial charge < -0.3 is 14.8 Å². The van der Waals surface area contributed by atoms with Gasteiger partial charge in [-0.25, -0.2) is 0 Å². The van der Waals surface area contributed by atoms with E-state index in [0.29, 0.717) is 24.0 Å². The lowest BCUT2D eigenvalue weighted by atomic mass is 10.1. The summed E-state index contributed by atoms with van der Waals surface area (Å²) < 4.78 is 11.7. The van der Waals surface area contributed by atoms with Crippen LogP contribution < -0.4 is 14.8 Å². The molecule has 2 rings (SSSR count).